The number of nitrogens with one attached hydrogen (secondary N) is 1. The summed E-state index contributed by atoms with van der Waals surface area (Å²) in [7, 11) is -3.82. The molecule has 18 heavy (non-hydrogen) atoms. The Morgan fingerprint density at radius 2 is 2.06 bits per heavy atom. The molecule has 0 radical (unpaired) electrons. The van der Waals surface area contributed by atoms with Crippen molar-refractivity contribution < 1.29 is 23.1 Å². The van der Waals surface area contributed by atoms with E-state index in [1.165, 1.54) is 6.07 Å². The van der Waals surface area contributed by atoms with Crippen LogP contribution >= 0.6 is 0 Å². The lowest BCUT2D eigenvalue weighted by Crippen LogP contribution is -2.24. The highest BCUT2D eigenvalue weighted by atomic mass is 32.2. The van der Waals surface area contributed by atoms with Crippen LogP contribution in [0.1, 0.15) is 12.5 Å². The molecule has 2 N–H and O–H groups in total. The monoisotopic (exact) mass is 273 g/mol. The number of carbonyl (C=O) groups excluding carboxylic acids is 1. The summed E-state index contributed by atoms with van der Waals surface area (Å²) in [6.07, 6.45) is 0. The molecule has 7 heteroatoms. The number of benzene rings is 1. The second-order valence-corrected chi connectivity index (χ2v) is 5.20. The van der Waals surface area contributed by atoms with Crippen molar-refractivity contribution in [3.8, 4) is 0 Å². The van der Waals surface area contributed by atoms with Gasteiger partial charge in [-0.15, -0.1) is 0 Å². The van der Waals surface area contributed by atoms with Crippen LogP contribution in [0, 0.1) is 0 Å². The van der Waals surface area contributed by atoms with Crippen molar-refractivity contribution in [3.63, 3.8) is 0 Å². The maximum atomic E-state index is 11.7. The Bertz CT molecular complexity index is 512. The zero-order chi connectivity index (χ0) is 13.6. The summed E-state index contributed by atoms with van der Waals surface area (Å²) >= 11 is 0. The fraction of sp³-hybridized carbons (Fsp3) is 0.364. The molecule has 1 aromatic rings. The first kappa shape index (κ1) is 14.5. The minimum Gasteiger partial charge on any atom is -0.465 e. The number of ether oxygens (including phenoxy) is 1. The molecular weight excluding hydrogens is 258 g/mol. The number of aliphatic hydroxyl groups is 1. The molecular formula is C11H15NO5S. The van der Waals surface area contributed by atoms with Gasteiger partial charge in [0.25, 0.3) is 0 Å². The van der Waals surface area contributed by atoms with Gasteiger partial charge in [0, 0.05) is 5.56 Å². The van der Waals surface area contributed by atoms with Crippen LogP contribution in [0.5, 0.6) is 0 Å². The molecule has 0 aromatic heterocycles. The summed E-state index contributed by atoms with van der Waals surface area (Å²) < 4.78 is 30.1. The average molecular weight is 273 g/mol. The van der Waals surface area contributed by atoms with Crippen molar-refractivity contribution in [1.29, 1.82) is 0 Å². The van der Waals surface area contributed by atoms with Crippen LogP contribution in [0.15, 0.2) is 24.3 Å². The van der Waals surface area contributed by atoms with E-state index in [4.69, 9.17) is 5.11 Å². The Kier molecular flexibility index (Phi) is 5.11. The first-order valence-electron chi connectivity index (χ1n) is 5.33. The predicted molar refractivity (Wildman–Crippen MR) is 66.4 cm³/mol. The molecule has 0 aliphatic rings. The van der Waals surface area contributed by atoms with Crippen LogP contribution in [0.2, 0.25) is 0 Å². The van der Waals surface area contributed by atoms with E-state index in [-0.39, 0.29) is 18.9 Å². The number of hydrogen-bond donors (Lipinski definition) is 2. The summed E-state index contributed by atoms with van der Waals surface area (Å²) in [6, 6.07) is 6.40. The second kappa shape index (κ2) is 6.36. The smallest absolute Gasteiger partial charge is 0.323 e. The lowest BCUT2D eigenvalue weighted by atomic mass is 10.2. The van der Waals surface area contributed by atoms with Gasteiger partial charge in [-0.3, -0.25) is 9.52 Å². The summed E-state index contributed by atoms with van der Waals surface area (Å²) in [5.41, 5.74) is 0.689. The molecule has 0 aliphatic carbocycles. The van der Waals surface area contributed by atoms with Crippen LogP contribution < -0.4 is 4.72 Å². The molecule has 6 nitrogen and oxygen atoms in total. The number of rotatable bonds is 6. The minimum atomic E-state index is -3.82. The zero-order valence-corrected chi connectivity index (χ0v) is 10.7. The van der Waals surface area contributed by atoms with Crippen molar-refractivity contribution >= 4 is 21.7 Å². The Morgan fingerprint density at radius 1 is 1.39 bits per heavy atom. The standard InChI is InChI=1S/C11H15NO5S/c1-2-17-11(14)8-18(15,16)12-10-6-4-3-5-9(10)7-13/h3-6,12-13H,2,7-8H2,1H3. The Hall–Kier alpha value is -1.60. The predicted octanol–water partition coefficient (Wildman–Crippen LogP) is 0.484. The number of hydrogen-bond acceptors (Lipinski definition) is 5. The number of anilines is 1. The van der Waals surface area contributed by atoms with E-state index in [1.807, 2.05) is 0 Å². The summed E-state index contributed by atoms with van der Waals surface area (Å²) in [5.74, 6) is -1.56. The summed E-state index contributed by atoms with van der Waals surface area (Å²) in [4.78, 5) is 11.1. The molecule has 0 aliphatic heterocycles. The Labute approximate surface area is 106 Å². The van der Waals surface area contributed by atoms with Gasteiger partial charge in [-0.25, -0.2) is 8.42 Å². The maximum Gasteiger partial charge on any atom is 0.323 e. The minimum absolute atomic E-state index is 0.127. The summed E-state index contributed by atoms with van der Waals surface area (Å²) in [6.45, 7) is 1.43. The number of carbonyl (C=O) groups is 1. The molecule has 0 unspecified atom stereocenters. The van der Waals surface area contributed by atoms with Crippen LogP contribution in [0.25, 0.3) is 0 Å². The number of sulfonamides is 1. The molecule has 0 bridgehead atoms. The molecule has 0 atom stereocenters. The molecule has 0 amide bonds. The lowest BCUT2D eigenvalue weighted by molar-refractivity contribution is -0.139. The Balaban J connectivity index is 2.79. The van der Waals surface area contributed by atoms with Gasteiger partial charge < -0.3 is 9.84 Å². The third kappa shape index (κ3) is 4.34. The van der Waals surface area contributed by atoms with Gasteiger partial charge in [0.05, 0.1) is 18.9 Å². The highest BCUT2D eigenvalue weighted by Gasteiger charge is 2.18. The van der Waals surface area contributed by atoms with Crippen LogP contribution in [-0.4, -0.2) is 31.9 Å². The lowest BCUT2D eigenvalue weighted by Gasteiger charge is -2.10. The van der Waals surface area contributed by atoms with Gasteiger partial charge in [-0.1, -0.05) is 18.2 Å². The molecule has 1 rings (SSSR count). The van der Waals surface area contributed by atoms with Gasteiger partial charge in [-0.2, -0.15) is 0 Å². The second-order valence-electron chi connectivity index (χ2n) is 3.48. The van der Waals surface area contributed by atoms with Crippen LogP contribution in [-0.2, 0) is 26.2 Å². The highest BCUT2D eigenvalue weighted by Crippen LogP contribution is 2.16. The van der Waals surface area contributed by atoms with Gasteiger partial charge in [0.1, 0.15) is 0 Å². The van der Waals surface area contributed by atoms with E-state index in [2.05, 4.69) is 9.46 Å². The first-order chi connectivity index (χ1) is 8.48. The van der Waals surface area contributed by atoms with E-state index >= 15 is 0 Å². The molecule has 0 spiro atoms. The summed E-state index contributed by atoms with van der Waals surface area (Å²) in [5, 5.41) is 9.05. The third-order valence-corrected chi connectivity index (χ3v) is 3.21. The van der Waals surface area contributed by atoms with Crippen molar-refractivity contribution in [3.05, 3.63) is 29.8 Å². The van der Waals surface area contributed by atoms with Crippen molar-refractivity contribution in [2.45, 2.75) is 13.5 Å². The van der Waals surface area contributed by atoms with Crippen LogP contribution in [0.4, 0.5) is 5.69 Å². The molecule has 1 aromatic carbocycles. The van der Waals surface area contributed by atoms with Crippen LogP contribution in [0.3, 0.4) is 0 Å². The number of esters is 1. The van der Waals surface area contributed by atoms with E-state index < -0.39 is 21.7 Å². The molecule has 0 saturated heterocycles. The molecule has 0 saturated carbocycles. The van der Waals surface area contributed by atoms with Gasteiger partial charge in [-0.05, 0) is 13.0 Å². The zero-order valence-electron chi connectivity index (χ0n) is 9.92. The third-order valence-electron chi connectivity index (χ3n) is 2.07. The fourth-order valence-corrected chi connectivity index (χ4v) is 2.32. The molecule has 0 heterocycles. The average Bonchev–Trinajstić information content (AvgIpc) is 2.28. The van der Waals surface area contributed by atoms with Gasteiger partial charge >= 0.3 is 5.97 Å². The maximum absolute atomic E-state index is 11.7. The highest BCUT2D eigenvalue weighted by molar-refractivity contribution is 7.93. The van der Waals surface area contributed by atoms with Crippen molar-refractivity contribution in [2.24, 2.45) is 0 Å². The number of para-hydroxylation sites is 1. The van der Waals surface area contributed by atoms with Crippen molar-refractivity contribution in [1.82, 2.24) is 0 Å². The fourth-order valence-electron chi connectivity index (χ4n) is 1.32. The topological polar surface area (TPSA) is 92.7 Å². The SMILES string of the molecule is CCOC(=O)CS(=O)(=O)Nc1ccccc1CO. The van der Waals surface area contributed by atoms with E-state index in [0.717, 1.165) is 0 Å². The quantitative estimate of drug-likeness (QED) is 0.736. The van der Waals surface area contributed by atoms with E-state index in [1.54, 1.807) is 25.1 Å². The Morgan fingerprint density at radius 3 is 2.67 bits per heavy atom. The van der Waals surface area contributed by atoms with Gasteiger partial charge in [0.2, 0.25) is 10.0 Å². The van der Waals surface area contributed by atoms with E-state index in [0.29, 0.717) is 5.56 Å². The van der Waals surface area contributed by atoms with E-state index in [9.17, 15) is 13.2 Å². The first-order valence-corrected chi connectivity index (χ1v) is 6.98. The van der Waals surface area contributed by atoms with Crippen molar-refractivity contribution in [2.75, 3.05) is 17.1 Å². The number of aliphatic hydroxyl groups excluding tert-OH is 1. The largest absolute Gasteiger partial charge is 0.465 e. The molecule has 100 valence electrons. The van der Waals surface area contributed by atoms with Gasteiger partial charge in [0.15, 0.2) is 5.75 Å². The normalized spacial score (nSPS) is 11.0. The molecule has 0 fully saturated rings.